The number of halogens is 12. The van der Waals surface area contributed by atoms with Gasteiger partial charge in [0.25, 0.3) is 5.85 Å². The Hall–Kier alpha value is -1.30. The number of rotatable bonds is 9. The molecule has 2 aromatic heterocycles. The van der Waals surface area contributed by atoms with Crippen molar-refractivity contribution in [3.05, 3.63) is 32.9 Å². The molecule has 2 aromatic rings. The van der Waals surface area contributed by atoms with Crippen molar-refractivity contribution in [3.8, 4) is 9.75 Å². The summed E-state index contributed by atoms with van der Waals surface area (Å²) in [6.07, 6.45) is -19.8. The zero-order valence-corrected chi connectivity index (χ0v) is 19.6. The minimum Gasteiger partial charge on any atom is -0.287 e. The summed E-state index contributed by atoms with van der Waals surface area (Å²) in [6, 6.07) is 3.91. The Labute approximate surface area is 199 Å². The molecule has 34 heavy (non-hydrogen) atoms. The zero-order chi connectivity index (χ0) is 26.5. The summed E-state index contributed by atoms with van der Waals surface area (Å²) >= 11 is 4.97. The van der Waals surface area contributed by atoms with E-state index in [4.69, 9.17) is 0 Å². The van der Waals surface area contributed by atoms with Crippen LogP contribution in [0.1, 0.15) is 23.5 Å². The molecule has 0 aliphatic carbocycles. The molecule has 0 spiro atoms. The van der Waals surface area contributed by atoms with E-state index in [1.54, 1.807) is 11.4 Å². The van der Waals surface area contributed by atoms with Gasteiger partial charge < -0.3 is 0 Å². The second-order valence-corrected chi connectivity index (χ2v) is 9.59. The maximum atomic E-state index is 14.7. The molecule has 0 saturated heterocycles. The standard InChI is InChI=1S/C17H10BrF11O3S2/c1-12(19,11(30)9-4-3-8(34-9)10-7(18)5-6-33-10)31-16(26,27)13(2,20)32-17(28,29)14(21,22)15(23,24)25/h3-6H,1-2H3. The van der Waals surface area contributed by atoms with Crippen LogP contribution in [0.4, 0.5) is 48.3 Å². The molecule has 0 fully saturated rings. The van der Waals surface area contributed by atoms with Crippen molar-refractivity contribution < 1.29 is 62.6 Å². The molecule has 0 saturated carbocycles. The monoisotopic (exact) mass is 614 g/mol. The van der Waals surface area contributed by atoms with Crippen molar-refractivity contribution in [2.24, 2.45) is 0 Å². The highest BCUT2D eigenvalue weighted by Crippen LogP contribution is 2.51. The Bertz CT molecular complexity index is 1040. The second kappa shape index (κ2) is 8.97. The van der Waals surface area contributed by atoms with Crippen LogP contribution in [0.15, 0.2) is 28.1 Å². The first kappa shape index (κ1) is 28.9. The molecule has 2 unspecified atom stereocenters. The molecule has 17 heteroatoms. The Morgan fingerprint density at radius 1 is 0.853 bits per heavy atom. The zero-order valence-electron chi connectivity index (χ0n) is 16.4. The lowest BCUT2D eigenvalue weighted by Crippen LogP contribution is -2.60. The average Bonchev–Trinajstić information content (AvgIpc) is 3.26. The normalized spacial score (nSPS) is 17.4. The van der Waals surface area contributed by atoms with Crippen LogP contribution in [-0.4, -0.2) is 41.8 Å². The van der Waals surface area contributed by atoms with E-state index >= 15 is 0 Å². The number of Topliss-reactive ketones (excluding diaryl/α,β-unsaturated/α-hetero) is 1. The van der Waals surface area contributed by atoms with Gasteiger partial charge in [-0.2, -0.15) is 39.5 Å². The van der Waals surface area contributed by atoms with Crippen LogP contribution in [0.2, 0.25) is 0 Å². The predicted molar refractivity (Wildman–Crippen MR) is 102 cm³/mol. The number of carbonyl (C=O) groups excluding carboxylic acids is 1. The number of ketones is 1. The maximum absolute atomic E-state index is 14.7. The third kappa shape index (κ3) is 5.42. The first-order valence-corrected chi connectivity index (χ1v) is 10.9. The molecule has 0 aromatic carbocycles. The molecule has 0 N–H and O–H groups in total. The second-order valence-electron chi connectivity index (χ2n) is 6.73. The van der Waals surface area contributed by atoms with Gasteiger partial charge in [-0.05, 0) is 39.5 Å². The maximum Gasteiger partial charge on any atom is 0.462 e. The average molecular weight is 615 g/mol. The van der Waals surface area contributed by atoms with E-state index in [-0.39, 0.29) is 6.92 Å². The number of thiophene rings is 2. The van der Waals surface area contributed by atoms with Crippen molar-refractivity contribution >= 4 is 44.4 Å². The Kier molecular flexibility index (Phi) is 7.64. The molecular formula is C17H10BrF11O3S2. The fraction of sp³-hybridized carbons (Fsp3) is 0.471. The molecule has 2 rings (SSSR count). The number of hydrogen-bond donors (Lipinski definition) is 0. The fourth-order valence-corrected chi connectivity index (χ4v) is 5.07. The Morgan fingerprint density at radius 2 is 1.41 bits per heavy atom. The van der Waals surface area contributed by atoms with Gasteiger partial charge in [-0.15, -0.1) is 22.7 Å². The smallest absolute Gasteiger partial charge is 0.287 e. The van der Waals surface area contributed by atoms with E-state index < -0.39 is 53.6 Å². The molecule has 0 amide bonds. The van der Waals surface area contributed by atoms with Gasteiger partial charge in [0.1, 0.15) is 0 Å². The summed E-state index contributed by atoms with van der Waals surface area (Å²) in [5.41, 5.74) is 0. The molecule has 0 aliphatic rings. The van der Waals surface area contributed by atoms with E-state index in [2.05, 4.69) is 25.4 Å². The summed E-state index contributed by atoms with van der Waals surface area (Å²) in [6.45, 7) is -0.673. The first-order valence-electron chi connectivity index (χ1n) is 8.42. The van der Waals surface area contributed by atoms with Crippen LogP contribution >= 0.6 is 38.6 Å². The van der Waals surface area contributed by atoms with E-state index in [9.17, 15) is 53.1 Å². The summed E-state index contributed by atoms with van der Waals surface area (Å²) in [7, 11) is 0. The summed E-state index contributed by atoms with van der Waals surface area (Å²) in [5.74, 6) is -18.6. The van der Waals surface area contributed by atoms with Crippen molar-refractivity contribution in [1.29, 1.82) is 0 Å². The molecule has 192 valence electrons. The van der Waals surface area contributed by atoms with Gasteiger partial charge in [0.05, 0.1) is 9.75 Å². The van der Waals surface area contributed by atoms with E-state index in [0.717, 1.165) is 6.07 Å². The molecule has 0 bridgehead atoms. The van der Waals surface area contributed by atoms with Crippen LogP contribution < -0.4 is 0 Å². The lowest BCUT2D eigenvalue weighted by atomic mass is 10.2. The topological polar surface area (TPSA) is 35.5 Å². The minimum absolute atomic E-state index is 0.0300. The molecule has 2 atom stereocenters. The highest BCUT2D eigenvalue weighted by Gasteiger charge is 2.78. The predicted octanol–water partition coefficient (Wildman–Crippen LogP) is 8.21. The van der Waals surface area contributed by atoms with Gasteiger partial charge in [-0.25, -0.2) is 8.78 Å². The first-order chi connectivity index (χ1) is 15.1. The lowest BCUT2D eigenvalue weighted by Gasteiger charge is -2.37. The largest absolute Gasteiger partial charge is 0.462 e. The SMILES string of the molecule is CC(F)(OC(F)(F)C(C)(F)OC(F)(F)C(F)(F)C(F)(F)F)C(=O)c1ccc(-c2sccc2Br)s1. The Morgan fingerprint density at radius 3 is 1.88 bits per heavy atom. The Balaban J connectivity index is 2.27. The summed E-state index contributed by atoms with van der Waals surface area (Å²) in [5, 5.41) is 1.64. The van der Waals surface area contributed by atoms with Crippen LogP contribution in [0.25, 0.3) is 9.75 Å². The van der Waals surface area contributed by atoms with E-state index in [0.29, 0.717) is 25.6 Å². The van der Waals surface area contributed by atoms with Gasteiger partial charge in [-0.1, -0.05) is 0 Å². The number of alkyl halides is 11. The highest BCUT2D eigenvalue weighted by atomic mass is 79.9. The third-order valence-corrected chi connectivity index (χ3v) is 7.06. The van der Waals surface area contributed by atoms with Gasteiger partial charge in [-0.3, -0.25) is 14.3 Å². The quantitative estimate of drug-likeness (QED) is 0.211. The van der Waals surface area contributed by atoms with Crippen LogP contribution in [-0.2, 0) is 9.47 Å². The summed E-state index contributed by atoms with van der Waals surface area (Å²) in [4.78, 5) is 12.7. The minimum atomic E-state index is -7.11. The van der Waals surface area contributed by atoms with Crippen LogP contribution in [0.5, 0.6) is 0 Å². The fourth-order valence-electron chi connectivity index (χ4n) is 2.18. The number of hydrogen-bond acceptors (Lipinski definition) is 5. The molecular weight excluding hydrogens is 605 g/mol. The van der Waals surface area contributed by atoms with Gasteiger partial charge >= 0.3 is 30.2 Å². The highest BCUT2D eigenvalue weighted by molar-refractivity contribution is 9.10. The third-order valence-electron chi connectivity index (χ3n) is 3.96. The van der Waals surface area contributed by atoms with Gasteiger partial charge in [0.2, 0.25) is 5.78 Å². The van der Waals surface area contributed by atoms with E-state index in [1.807, 2.05) is 0 Å². The van der Waals surface area contributed by atoms with Crippen LogP contribution in [0, 0.1) is 0 Å². The van der Waals surface area contributed by atoms with E-state index in [1.165, 1.54) is 17.4 Å². The van der Waals surface area contributed by atoms with Gasteiger partial charge in [0, 0.05) is 23.2 Å². The molecule has 2 heterocycles. The van der Waals surface area contributed by atoms with Crippen molar-refractivity contribution in [1.82, 2.24) is 0 Å². The van der Waals surface area contributed by atoms with Crippen molar-refractivity contribution in [2.75, 3.05) is 0 Å². The summed E-state index contributed by atoms with van der Waals surface area (Å²) < 4.78 is 152. The van der Waals surface area contributed by atoms with Crippen molar-refractivity contribution in [3.63, 3.8) is 0 Å². The number of ether oxygens (including phenoxy) is 2. The lowest BCUT2D eigenvalue weighted by molar-refractivity contribution is -0.498. The number of carbonyl (C=O) groups is 1. The van der Waals surface area contributed by atoms with Crippen molar-refractivity contribution in [2.45, 2.75) is 49.9 Å². The van der Waals surface area contributed by atoms with Gasteiger partial charge in [0.15, 0.2) is 0 Å². The molecule has 0 aliphatic heterocycles. The molecule has 3 nitrogen and oxygen atoms in total. The van der Waals surface area contributed by atoms with Crippen LogP contribution in [0.3, 0.4) is 0 Å². The molecule has 0 radical (unpaired) electrons.